The third-order valence-electron chi connectivity index (χ3n) is 6.28. The molecule has 8 heteroatoms. The van der Waals surface area contributed by atoms with Crippen LogP contribution in [-0.4, -0.2) is 52.9 Å². The molecule has 1 saturated carbocycles. The molecule has 4 rings (SSSR count). The molecule has 162 valence electrons. The molecule has 7 nitrogen and oxygen atoms in total. The zero-order valence-corrected chi connectivity index (χ0v) is 18.5. The van der Waals surface area contributed by atoms with Crippen molar-refractivity contribution in [2.45, 2.75) is 58.3 Å². The predicted molar refractivity (Wildman–Crippen MR) is 120 cm³/mol. The summed E-state index contributed by atoms with van der Waals surface area (Å²) in [6, 6.07) is 0. The number of aromatic nitrogens is 2. The van der Waals surface area contributed by atoms with Crippen LogP contribution >= 0.6 is 11.3 Å². The third-order valence-corrected chi connectivity index (χ3v) is 7.48. The molecule has 2 aliphatic rings. The normalized spacial score (nSPS) is 17.6. The molecule has 2 aromatic rings. The number of nitrogens with zero attached hydrogens (tertiary/aromatic N) is 3. The molecular formula is C22H31N5O2S. The summed E-state index contributed by atoms with van der Waals surface area (Å²) in [5.41, 5.74) is 0.939. The Kier molecular flexibility index (Phi) is 6.82. The van der Waals surface area contributed by atoms with Gasteiger partial charge in [0, 0.05) is 32.6 Å². The number of carbonyl (C=O) groups excluding carboxylic acids is 2. The first-order chi connectivity index (χ1) is 14.6. The van der Waals surface area contributed by atoms with Gasteiger partial charge in [0.05, 0.1) is 10.3 Å². The Labute approximate surface area is 181 Å². The quantitative estimate of drug-likeness (QED) is 0.624. The predicted octanol–water partition coefficient (Wildman–Crippen LogP) is 3.73. The number of aryl methyl sites for hydroxylation is 1. The van der Waals surface area contributed by atoms with E-state index in [9.17, 15) is 9.59 Å². The van der Waals surface area contributed by atoms with Crippen molar-refractivity contribution in [3.8, 4) is 0 Å². The summed E-state index contributed by atoms with van der Waals surface area (Å²) >= 11 is 1.44. The lowest BCUT2D eigenvalue weighted by Gasteiger charge is -2.21. The lowest BCUT2D eigenvalue weighted by atomic mass is 9.89. The molecule has 1 aliphatic carbocycles. The van der Waals surface area contributed by atoms with Crippen molar-refractivity contribution in [3.05, 3.63) is 16.8 Å². The summed E-state index contributed by atoms with van der Waals surface area (Å²) < 4.78 is 0. The highest BCUT2D eigenvalue weighted by Gasteiger charge is 2.22. The number of amides is 2. The SMILES string of the molecule is Cc1c(C(=O)NCC2CCCCC2)sc2ncnc(NCCCN3CCCC3=O)c12. The van der Waals surface area contributed by atoms with Crippen LogP contribution in [0.15, 0.2) is 6.33 Å². The van der Waals surface area contributed by atoms with E-state index < -0.39 is 0 Å². The standard InChI is InChI=1S/C22H31N5O2S/c1-15-18-20(23-10-6-12-27-11-5-9-17(27)28)25-14-26-22(18)30-19(15)21(29)24-13-16-7-3-2-4-8-16/h14,16H,2-13H2,1H3,(H,24,29)(H,23,25,26). The number of likely N-dealkylation sites (tertiary alicyclic amines) is 1. The molecule has 2 N–H and O–H groups in total. The second kappa shape index (κ2) is 9.73. The van der Waals surface area contributed by atoms with Crippen LogP contribution < -0.4 is 10.6 Å². The van der Waals surface area contributed by atoms with Crippen LogP contribution in [0, 0.1) is 12.8 Å². The summed E-state index contributed by atoms with van der Waals surface area (Å²) in [4.78, 5) is 36.9. The zero-order chi connectivity index (χ0) is 20.9. The van der Waals surface area contributed by atoms with Crippen molar-refractivity contribution in [1.29, 1.82) is 0 Å². The summed E-state index contributed by atoms with van der Waals surface area (Å²) in [5.74, 6) is 1.64. The number of hydrogen-bond acceptors (Lipinski definition) is 6. The van der Waals surface area contributed by atoms with Gasteiger partial charge in [0.1, 0.15) is 17.0 Å². The maximum absolute atomic E-state index is 12.8. The van der Waals surface area contributed by atoms with Crippen LogP contribution in [0.2, 0.25) is 0 Å². The summed E-state index contributed by atoms with van der Waals surface area (Å²) in [6.07, 6.45) is 10.4. The van der Waals surface area contributed by atoms with Gasteiger partial charge in [0.2, 0.25) is 5.91 Å². The van der Waals surface area contributed by atoms with Gasteiger partial charge >= 0.3 is 0 Å². The Morgan fingerprint density at radius 1 is 1.23 bits per heavy atom. The Morgan fingerprint density at radius 2 is 2.07 bits per heavy atom. The van der Waals surface area contributed by atoms with Gasteiger partial charge in [-0.3, -0.25) is 9.59 Å². The molecule has 0 radical (unpaired) electrons. The fraction of sp³-hybridized carbons (Fsp3) is 0.636. The van der Waals surface area contributed by atoms with Crippen LogP contribution in [0.25, 0.3) is 10.2 Å². The van der Waals surface area contributed by atoms with E-state index in [0.717, 1.165) is 65.5 Å². The van der Waals surface area contributed by atoms with Gasteiger partial charge in [-0.25, -0.2) is 9.97 Å². The van der Waals surface area contributed by atoms with Gasteiger partial charge in [0.25, 0.3) is 5.91 Å². The largest absolute Gasteiger partial charge is 0.369 e. The van der Waals surface area contributed by atoms with Gasteiger partial charge in [-0.05, 0) is 44.1 Å². The van der Waals surface area contributed by atoms with Gasteiger partial charge in [-0.1, -0.05) is 19.3 Å². The smallest absolute Gasteiger partial charge is 0.261 e. The fourth-order valence-corrected chi connectivity index (χ4v) is 5.61. The Hall–Kier alpha value is -2.22. The van der Waals surface area contributed by atoms with Crippen molar-refractivity contribution >= 4 is 39.2 Å². The summed E-state index contributed by atoms with van der Waals surface area (Å²) in [7, 11) is 0. The molecular weight excluding hydrogens is 398 g/mol. The zero-order valence-electron chi connectivity index (χ0n) is 17.7. The topological polar surface area (TPSA) is 87.2 Å². The van der Waals surface area contributed by atoms with Gasteiger partial charge in [-0.2, -0.15) is 0 Å². The molecule has 1 saturated heterocycles. The van der Waals surface area contributed by atoms with Crippen LogP contribution in [0.5, 0.6) is 0 Å². The first-order valence-corrected chi connectivity index (χ1v) is 12.0. The summed E-state index contributed by atoms with van der Waals surface area (Å²) in [6.45, 7) is 5.12. The van der Waals surface area contributed by atoms with Crippen molar-refractivity contribution in [3.63, 3.8) is 0 Å². The first-order valence-electron chi connectivity index (χ1n) is 11.2. The molecule has 3 heterocycles. The lowest BCUT2D eigenvalue weighted by molar-refractivity contribution is -0.127. The monoisotopic (exact) mass is 429 g/mol. The molecule has 0 atom stereocenters. The fourth-order valence-electron chi connectivity index (χ4n) is 4.55. The average Bonchev–Trinajstić information content (AvgIpc) is 3.33. The minimum atomic E-state index is -0.000399. The lowest BCUT2D eigenvalue weighted by Crippen LogP contribution is -2.30. The number of thiophene rings is 1. The van der Waals surface area contributed by atoms with Crippen LogP contribution in [0.1, 0.15) is 66.6 Å². The highest BCUT2D eigenvalue weighted by atomic mass is 32.1. The second-order valence-corrected chi connectivity index (χ2v) is 9.44. The van der Waals surface area contributed by atoms with Crippen molar-refractivity contribution in [1.82, 2.24) is 20.2 Å². The van der Waals surface area contributed by atoms with Crippen LogP contribution in [0.3, 0.4) is 0 Å². The maximum Gasteiger partial charge on any atom is 0.261 e. The third kappa shape index (κ3) is 4.74. The van der Waals surface area contributed by atoms with Crippen LogP contribution in [-0.2, 0) is 4.79 Å². The highest BCUT2D eigenvalue weighted by molar-refractivity contribution is 7.20. The summed E-state index contributed by atoms with van der Waals surface area (Å²) in [5, 5.41) is 7.47. The van der Waals surface area contributed by atoms with E-state index in [1.807, 2.05) is 11.8 Å². The number of hydrogen-bond donors (Lipinski definition) is 2. The van der Waals surface area contributed by atoms with Gasteiger partial charge < -0.3 is 15.5 Å². The van der Waals surface area contributed by atoms with Crippen molar-refractivity contribution in [2.24, 2.45) is 5.92 Å². The Bertz CT molecular complexity index is 906. The first kappa shape index (κ1) is 21.0. The van der Waals surface area contributed by atoms with Gasteiger partial charge in [-0.15, -0.1) is 11.3 Å². The van der Waals surface area contributed by atoms with E-state index in [-0.39, 0.29) is 11.8 Å². The highest BCUT2D eigenvalue weighted by Crippen LogP contribution is 2.33. The number of rotatable bonds is 8. The molecule has 2 fully saturated rings. The molecule has 0 bridgehead atoms. The number of fused-ring (bicyclic) bond motifs is 1. The minimum Gasteiger partial charge on any atom is -0.369 e. The van der Waals surface area contributed by atoms with E-state index in [4.69, 9.17) is 0 Å². The van der Waals surface area contributed by atoms with E-state index in [0.29, 0.717) is 12.3 Å². The van der Waals surface area contributed by atoms with Crippen LogP contribution in [0.4, 0.5) is 5.82 Å². The van der Waals surface area contributed by atoms with E-state index in [2.05, 4.69) is 20.6 Å². The second-order valence-electron chi connectivity index (χ2n) is 8.44. The Balaban J connectivity index is 1.38. The van der Waals surface area contributed by atoms with Crippen molar-refractivity contribution in [2.75, 3.05) is 31.5 Å². The van der Waals surface area contributed by atoms with E-state index in [1.165, 1.54) is 43.4 Å². The van der Waals surface area contributed by atoms with Crippen molar-refractivity contribution < 1.29 is 9.59 Å². The molecule has 0 spiro atoms. The molecule has 0 aromatic carbocycles. The van der Waals surface area contributed by atoms with E-state index in [1.54, 1.807) is 6.33 Å². The van der Waals surface area contributed by atoms with E-state index >= 15 is 0 Å². The molecule has 0 unspecified atom stereocenters. The number of nitrogens with one attached hydrogen (secondary N) is 2. The molecule has 1 aliphatic heterocycles. The number of carbonyl (C=O) groups is 2. The molecule has 2 aromatic heterocycles. The molecule has 30 heavy (non-hydrogen) atoms. The average molecular weight is 430 g/mol. The number of anilines is 1. The van der Waals surface area contributed by atoms with Gasteiger partial charge in [0.15, 0.2) is 0 Å². The molecule has 2 amide bonds. The maximum atomic E-state index is 12.8. The Morgan fingerprint density at radius 3 is 2.83 bits per heavy atom. The minimum absolute atomic E-state index is 0.000399.